The molecule has 2 heterocycles. The number of nitrogens with one attached hydrogen (secondary N) is 1. The van der Waals surface area contributed by atoms with Crippen LogP contribution in [0.15, 0.2) is 0 Å². The number of rotatable bonds is 3. The van der Waals surface area contributed by atoms with Gasteiger partial charge in [-0.1, -0.05) is 0 Å². The molecule has 0 spiro atoms. The zero-order chi connectivity index (χ0) is 14.3. The lowest BCUT2D eigenvalue weighted by Gasteiger charge is -2.17. The first-order valence-electron chi connectivity index (χ1n) is 5.40. The van der Waals surface area contributed by atoms with Crippen molar-refractivity contribution in [2.24, 2.45) is 5.73 Å². The highest BCUT2D eigenvalue weighted by Gasteiger charge is 2.44. The molecule has 0 saturated carbocycles. The summed E-state index contributed by atoms with van der Waals surface area (Å²) in [6, 6.07) is 0. The van der Waals surface area contributed by atoms with Crippen molar-refractivity contribution in [2.75, 3.05) is 12.3 Å². The molecule has 0 aromatic carbocycles. The third-order valence-electron chi connectivity index (χ3n) is 2.98. The van der Waals surface area contributed by atoms with Crippen LogP contribution in [0.25, 0.3) is 0 Å². The van der Waals surface area contributed by atoms with Crippen LogP contribution in [0, 0.1) is 4.77 Å². The molecule has 4 atom stereocenters. The Morgan fingerprint density at radius 3 is 2.53 bits per heavy atom. The molecule has 1 fully saturated rings. The number of nitrogens with zero attached hydrogens (tertiary/aromatic N) is 1. The van der Waals surface area contributed by atoms with E-state index in [2.05, 4.69) is 4.98 Å². The zero-order valence-corrected chi connectivity index (χ0v) is 10.5. The van der Waals surface area contributed by atoms with Crippen LogP contribution >= 0.6 is 12.2 Å². The smallest absolute Gasteiger partial charge is 0.268 e. The molecule has 0 aliphatic carbocycles. The number of aromatic amines is 1. The number of hydrogen-bond donors (Lipinski definition) is 6. The van der Waals surface area contributed by atoms with E-state index >= 15 is 0 Å². The van der Waals surface area contributed by atoms with E-state index in [1.807, 2.05) is 0 Å². The van der Waals surface area contributed by atoms with E-state index in [-0.39, 0.29) is 16.3 Å². The summed E-state index contributed by atoms with van der Waals surface area (Å²) in [6.07, 6.45) is -4.71. The predicted molar refractivity (Wildman–Crippen MR) is 65.6 cm³/mol. The van der Waals surface area contributed by atoms with E-state index in [0.717, 1.165) is 4.57 Å². The van der Waals surface area contributed by atoms with Gasteiger partial charge in [0.25, 0.3) is 5.91 Å². The first-order valence-corrected chi connectivity index (χ1v) is 5.81. The van der Waals surface area contributed by atoms with Crippen molar-refractivity contribution in [1.29, 1.82) is 0 Å². The number of imidazole rings is 1. The number of nitrogens with two attached hydrogens (primary N) is 2. The summed E-state index contributed by atoms with van der Waals surface area (Å²) in [7, 11) is 0. The Morgan fingerprint density at radius 1 is 1.47 bits per heavy atom. The van der Waals surface area contributed by atoms with Crippen LogP contribution in [-0.2, 0) is 4.74 Å². The van der Waals surface area contributed by atoms with Gasteiger partial charge in [0, 0.05) is 0 Å². The predicted octanol–water partition coefficient (Wildman–Crippen LogP) is -2.16. The number of aliphatic hydroxyl groups excluding tert-OH is 3. The molecule has 2 rings (SSSR count). The summed E-state index contributed by atoms with van der Waals surface area (Å²) in [5, 5.41) is 28.5. The first kappa shape index (κ1) is 14.0. The SMILES string of the molecule is NC(=O)c1[nH]c(=S)n([C@@H]2O[C@H](CO)[C@@H](O)[C@H]2O)c1N. The lowest BCUT2D eigenvalue weighted by Crippen LogP contribution is -2.33. The highest BCUT2D eigenvalue weighted by atomic mass is 32.1. The number of anilines is 1. The molecule has 1 aromatic heterocycles. The van der Waals surface area contributed by atoms with Crippen molar-refractivity contribution in [3.05, 3.63) is 10.5 Å². The Balaban J connectivity index is 2.44. The molecule has 1 amide bonds. The Kier molecular flexibility index (Phi) is 3.60. The standard InChI is InChI=1S/C9H14N4O5S/c10-6-3(7(11)17)12-9(19)13(6)8-5(16)4(15)2(1-14)18-8/h2,4-5,8,14-16H,1,10H2,(H2,11,17)(H,12,19)/t2-,4-,5-,8-/m1/s1. The van der Waals surface area contributed by atoms with Gasteiger partial charge in [-0.2, -0.15) is 0 Å². The number of H-pyrrole nitrogens is 1. The van der Waals surface area contributed by atoms with Gasteiger partial charge in [-0.3, -0.25) is 9.36 Å². The van der Waals surface area contributed by atoms with Crippen LogP contribution in [0.2, 0.25) is 0 Å². The molecule has 9 nitrogen and oxygen atoms in total. The van der Waals surface area contributed by atoms with Crippen LogP contribution in [-0.4, -0.2) is 55.7 Å². The van der Waals surface area contributed by atoms with Gasteiger partial charge in [0.1, 0.15) is 29.8 Å². The number of nitrogen functional groups attached to an aromatic ring is 1. The number of carbonyl (C=O) groups is 1. The van der Waals surface area contributed by atoms with Gasteiger partial charge in [-0.05, 0) is 12.2 Å². The molecule has 0 unspecified atom stereocenters. The third-order valence-corrected chi connectivity index (χ3v) is 3.28. The maximum atomic E-state index is 11.1. The normalized spacial score (nSPS) is 30.7. The largest absolute Gasteiger partial charge is 0.394 e. The molecule has 1 aromatic rings. The second-order valence-electron chi connectivity index (χ2n) is 4.15. The van der Waals surface area contributed by atoms with Crippen molar-refractivity contribution in [3.8, 4) is 0 Å². The van der Waals surface area contributed by atoms with Crippen molar-refractivity contribution in [2.45, 2.75) is 24.5 Å². The number of ether oxygens (including phenoxy) is 1. The lowest BCUT2D eigenvalue weighted by molar-refractivity contribution is -0.0524. The highest BCUT2D eigenvalue weighted by Crippen LogP contribution is 2.32. The minimum atomic E-state index is -1.34. The molecule has 1 saturated heterocycles. The molecule has 1 aliphatic rings. The lowest BCUT2D eigenvalue weighted by atomic mass is 10.1. The van der Waals surface area contributed by atoms with E-state index in [0.29, 0.717) is 0 Å². The Morgan fingerprint density at radius 2 is 2.11 bits per heavy atom. The number of hydrogen-bond acceptors (Lipinski definition) is 7. The van der Waals surface area contributed by atoms with Crippen molar-refractivity contribution < 1.29 is 24.9 Å². The highest BCUT2D eigenvalue weighted by molar-refractivity contribution is 7.71. The summed E-state index contributed by atoms with van der Waals surface area (Å²) in [4.78, 5) is 13.6. The summed E-state index contributed by atoms with van der Waals surface area (Å²) in [5.74, 6) is -0.915. The maximum Gasteiger partial charge on any atom is 0.268 e. The van der Waals surface area contributed by atoms with Gasteiger partial charge in [0.05, 0.1) is 6.61 Å². The fraction of sp³-hybridized carbons (Fsp3) is 0.556. The Bertz CT molecular complexity index is 555. The quantitative estimate of drug-likeness (QED) is 0.346. The fourth-order valence-corrected chi connectivity index (χ4v) is 2.30. The molecule has 0 radical (unpaired) electrons. The van der Waals surface area contributed by atoms with Gasteiger partial charge < -0.3 is 36.5 Å². The summed E-state index contributed by atoms with van der Waals surface area (Å²) >= 11 is 4.97. The van der Waals surface area contributed by atoms with Gasteiger partial charge in [-0.15, -0.1) is 0 Å². The second-order valence-corrected chi connectivity index (χ2v) is 4.54. The van der Waals surface area contributed by atoms with E-state index in [1.165, 1.54) is 0 Å². The Hall–Kier alpha value is -1.46. The van der Waals surface area contributed by atoms with Crippen molar-refractivity contribution >= 4 is 23.9 Å². The number of amides is 1. The van der Waals surface area contributed by atoms with Gasteiger partial charge in [-0.25, -0.2) is 0 Å². The molecule has 106 valence electrons. The summed E-state index contributed by atoms with van der Waals surface area (Å²) in [6.45, 7) is -0.477. The molecule has 1 aliphatic heterocycles. The number of aliphatic hydroxyl groups is 3. The number of primary amides is 1. The minimum absolute atomic E-state index is 0.0149. The monoisotopic (exact) mass is 290 g/mol. The fourth-order valence-electron chi connectivity index (χ4n) is 1.99. The molecule has 10 heteroatoms. The Labute approximate surface area is 112 Å². The number of aromatic nitrogens is 2. The minimum Gasteiger partial charge on any atom is -0.394 e. The molecule has 19 heavy (non-hydrogen) atoms. The van der Waals surface area contributed by atoms with Gasteiger partial charge in [0.15, 0.2) is 11.0 Å². The summed E-state index contributed by atoms with van der Waals surface area (Å²) in [5.41, 5.74) is 10.7. The second kappa shape index (κ2) is 4.90. The average molecular weight is 290 g/mol. The van der Waals surface area contributed by atoms with E-state index in [9.17, 15) is 15.0 Å². The van der Waals surface area contributed by atoms with Gasteiger partial charge >= 0.3 is 0 Å². The average Bonchev–Trinajstić information content (AvgIpc) is 2.79. The zero-order valence-electron chi connectivity index (χ0n) is 9.68. The molecule has 8 N–H and O–H groups in total. The van der Waals surface area contributed by atoms with Crippen LogP contribution in [0.5, 0.6) is 0 Å². The summed E-state index contributed by atoms with van der Waals surface area (Å²) < 4.78 is 6.42. The van der Waals surface area contributed by atoms with E-state index in [4.69, 9.17) is 33.5 Å². The third kappa shape index (κ3) is 2.13. The van der Waals surface area contributed by atoms with Crippen molar-refractivity contribution in [1.82, 2.24) is 9.55 Å². The topological polar surface area (TPSA) is 160 Å². The molecular weight excluding hydrogens is 276 g/mol. The van der Waals surface area contributed by atoms with Crippen LogP contribution in [0.1, 0.15) is 16.7 Å². The molecular formula is C9H14N4O5S. The first-order chi connectivity index (χ1) is 8.88. The van der Waals surface area contributed by atoms with Gasteiger partial charge in [0.2, 0.25) is 0 Å². The molecule has 0 bridgehead atoms. The van der Waals surface area contributed by atoms with E-state index < -0.39 is 37.1 Å². The van der Waals surface area contributed by atoms with Crippen molar-refractivity contribution in [3.63, 3.8) is 0 Å². The number of carbonyl (C=O) groups excluding carboxylic acids is 1. The van der Waals surface area contributed by atoms with Crippen LogP contribution < -0.4 is 11.5 Å². The van der Waals surface area contributed by atoms with Crippen LogP contribution in [0.4, 0.5) is 5.82 Å². The van der Waals surface area contributed by atoms with Crippen LogP contribution in [0.3, 0.4) is 0 Å². The van der Waals surface area contributed by atoms with E-state index in [1.54, 1.807) is 0 Å². The maximum absolute atomic E-state index is 11.1.